The predicted molar refractivity (Wildman–Crippen MR) is 155 cm³/mol. The Bertz CT molecular complexity index is 1830. The van der Waals surface area contributed by atoms with Crippen molar-refractivity contribution in [2.24, 2.45) is 0 Å². The van der Waals surface area contributed by atoms with Gasteiger partial charge in [-0.3, -0.25) is 19.0 Å². The van der Waals surface area contributed by atoms with Gasteiger partial charge in [-0.15, -0.1) is 0 Å². The van der Waals surface area contributed by atoms with Gasteiger partial charge in [-0.05, 0) is 47.3 Å². The number of aliphatic hydroxyl groups is 1. The van der Waals surface area contributed by atoms with Gasteiger partial charge in [0.05, 0.1) is 21.9 Å². The van der Waals surface area contributed by atoms with Crippen LogP contribution < -0.4 is 16.4 Å². The average molecular weight is 570 g/mol. The van der Waals surface area contributed by atoms with Gasteiger partial charge in [0.25, 0.3) is 11.8 Å². The smallest absolute Gasteiger partial charge is 0.270 e. The van der Waals surface area contributed by atoms with E-state index in [-0.39, 0.29) is 18.1 Å². The van der Waals surface area contributed by atoms with Crippen LogP contribution in [0.1, 0.15) is 38.1 Å². The first kappa shape index (κ1) is 25.6. The molecule has 0 saturated heterocycles. The lowest BCUT2D eigenvalue weighted by Gasteiger charge is -2.12. The Labute approximate surface area is 236 Å². The summed E-state index contributed by atoms with van der Waals surface area (Å²) >= 11 is 2.87. The number of nitrogens with one attached hydrogen (secondary N) is 2. The molecule has 10 nitrogen and oxygen atoms in total. The molecule has 0 saturated carbocycles. The number of nitrogens with two attached hydrogens (primary N) is 1. The zero-order valence-electron chi connectivity index (χ0n) is 20.9. The number of aromatic nitrogens is 4. The highest BCUT2D eigenvalue weighted by Crippen LogP contribution is 2.28. The van der Waals surface area contributed by atoms with Crippen LogP contribution in [-0.2, 0) is 6.54 Å². The summed E-state index contributed by atoms with van der Waals surface area (Å²) in [4.78, 5) is 39.8. The van der Waals surface area contributed by atoms with E-state index in [1.165, 1.54) is 22.7 Å². The van der Waals surface area contributed by atoms with Crippen molar-refractivity contribution in [2.75, 3.05) is 12.3 Å². The highest BCUT2D eigenvalue weighted by atomic mass is 32.1. The van der Waals surface area contributed by atoms with Crippen LogP contribution >= 0.6 is 22.7 Å². The summed E-state index contributed by atoms with van der Waals surface area (Å²) in [6.45, 7) is 0.280. The minimum absolute atomic E-state index is 0.0171. The summed E-state index contributed by atoms with van der Waals surface area (Å²) in [5.41, 5.74) is 10.3. The van der Waals surface area contributed by atoms with E-state index in [1.54, 1.807) is 47.3 Å². The van der Waals surface area contributed by atoms with E-state index in [1.807, 2.05) is 35.0 Å². The zero-order valence-corrected chi connectivity index (χ0v) is 22.6. The Balaban J connectivity index is 1.28. The molecule has 0 aliphatic carbocycles. The number of carbonyl (C=O) groups is 2. The first-order chi connectivity index (χ1) is 19.5. The Morgan fingerprint density at radius 1 is 1.07 bits per heavy atom. The van der Waals surface area contributed by atoms with Crippen LogP contribution in [0.25, 0.3) is 27.1 Å². The van der Waals surface area contributed by atoms with Crippen LogP contribution in [0.3, 0.4) is 0 Å². The largest absolute Gasteiger partial charge is 0.387 e. The number of imidazole rings is 1. The van der Waals surface area contributed by atoms with Gasteiger partial charge in [0.1, 0.15) is 11.4 Å². The zero-order chi connectivity index (χ0) is 27.6. The molecule has 0 bridgehead atoms. The van der Waals surface area contributed by atoms with Gasteiger partial charge in [0.15, 0.2) is 10.8 Å². The fourth-order valence-electron chi connectivity index (χ4n) is 4.40. The maximum Gasteiger partial charge on any atom is 0.270 e. The van der Waals surface area contributed by atoms with Crippen LogP contribution in [0.15, 0.2) is 77.9 Å². The predicted octanol–water partition coefficient (Wildman–Crippen LogP) is 4.04. The number of nitrogens with zero attached hydrogens (tertiary/aromatic N) is 4. The van der Waals surface area contributed by atoms with E-state index in [0.717, 1.165) is 21.3 Å². The molecular formula is C28H23N7O3S2. The molecule has 1 aromatic carbocycles. The second-order valence-corrected chi connectivity index (χ2v) is 10.8. The van der Waals surface area contributed by atoms with Crippen LogP contribution in [-0.4, -0.2) is 42.8 Å². The van der Waals surface area contributed by atoms with Gasteiger partial charge in [-0.2, -0.15) is 11.3 Å². The number of thiazole rings is 1. The average Bonchev–Trinajstić information content (AvgIpc) is 3.72. The Morgan fingerprint density at radius 3 is 2.77 bits per heavy atom. The topological polar surface area (TPSA) is 148 Å². The summed E-state index contributed by atoms with van der Waals surface area (Å²) in [6, 6.07) is 14.4. The number of carbonyl (C=O) groups excluding carboxylic acids is 2. The number of hydrogen-bond acceptors (Lipinski definition) is 9. The molecule has 12 heteroatoms. The first-order valence-electron chi connectivity index (χ1n) is 12.3. The maximum absolute atomic E-state index is 13.5. The second kappa shape index (κ2) is 10.8. The van der Waals surface area contributed by atoms with Crippen LogP contribution in [0.4, 0.5) is 5.13 Å². The summed E-state index contributed by atoms with van der Waals surface area (Å²) in [5.74, 6) is -0.748. The molecule has 0 fully saturated rings. The molecule has 1 unspecified atom stereocenters. The molecule has 5 heterocycles. The number of fused-ring (bicyclic) bond motifs is 2. The van der Waals surface area contributed by atoms with Gasteiger partial charge in [0, 0.05) is 48.2 Å². The minimum Gasteiger partial charge on any atom is -0.387 e. The third kappa shape index (κ3) is 5.02. The molecule has 0 spiro atoms. The van der Waals surface area contributed by atoms with Crippen molar-refractivity contribution in [3.63, 3.8) is 0 Å². The summed E-state index contributed by atoms with van der Waals surface area (Å²) in [6.07, 6.45) is 3.94. The molecule has 5 N–H and O–H groups in total. The molecular weight excluding hydrogens is 546 g/mol. The Kier molecular flexibility index (Phi) is 6.95. The number of pyridine rings is 2. The van der Waals surface area contributed by atoms with Crippen molar-refractivity contribution in [1.82, 2.24) is 30.0 Å². The lowest BCUT2D eigenvalue weighted by molar-refractivity contribution is 0.0909. The van der Waals surface area contributed by atoms with Gasteiger partial charge in [0.2, 0.25) is 0 Å². The molecule has 40 heavy (non-hydrogen) atoms. The number of hydrogen-bond donors (Lipinski definition) is 4. The lowest BCUT2D eigenvalue weighted by Crippen LogP contribution is -2.30. The van der Waals surface area contributed by atoms with Gasteiger partial charge >= 0.3 is 0 Å². The van der Waals surface area contributed by atoms with Gasteiger partial charge in [-0.1, -0.05) is 23.5 Å². The van der Waals surface area contributed by atoms with Crippen LogP contribution in [0.2, 0.25) is 0 Å². The van der Waals surface area contributed by atoms with E-state index in [9.17, 15) is 14.7 Å². The number of benzene rings is 1. The van der Waals surface area contributed by atoms with Crippen LogP contribution in [0.5, 0.6) is 0 Å². The van der Waals surface area contributed by atoms with Gasteiger partial charge in [-0.25, -0.2) is 9.97 Å². The molecule has 2 amide bonds. The molecule has 0 aliphatic rings. The standard InChI is InChI=1S/C28H23N7O3S2/c29-28-33-20-6-5-16(11-22(20)40-28)12-31-26(37)19-4-2-9-35-24(23(34-25(19)35)18-7-10-39-15-18)27(38)32-14-21(36)17-3-1-8-30-13-17/h1-11,13,15,21,36H,12,14H2,(H2,29,33)(H,31,37)(H,32,38). The van der Waals surface area contributed by atoms with Gasteiger partial charge < -0.3 is 21.5 Å². The third-order valence-electron chi connectivity index (χ3n) is 6.35. The molecule has 6 aromatic rings. The highest BCUT2D eigenvalue weighted by molar-refractivity contribution is 7.22. The van der Waals surface area contributed by atoms with Crippen molar-refractivity contribution in [1.29, 1.82) is 0 Å². The number of thiophene rings is 1. The van der Waals surface area contributed by atoms with E-state index >= 15 is 0 Å². The summed E-state index contributed by atoms with van der Waals surface area (Å²) < 4.78 is 2.56. The van der Waals surface area contributed by atoms with Crippen molar-refractivity contribution >= 4 is 55.5 Å². The quantitative estimate of drug-likeness (QED) is 0.216. The third-order valence-corrected chi connectivity index (χ3v) is 7.88. The molecule has 200 valence electrons. The number of amides is 2. The molecule has 6 rings (SSSR count). The summed E-state index contributed by atoms with van der Waals surface area (Å²) in [5, 5.41) is 20.6. The minimum atomic E-state index is -0.927. The van der Waals surface area contributed by atoms with Crippen molar-refractivity contribution in [2.45, 2.75) is 12.6 Å². The fourth-order valence-corrected chi connectivity index (χ4v) is 5.84. The second-order valence-electron chi connectivity index (χ2n) is 8.99. The monoisotopic (exact) mass is 569 g/mol. The Morgan fingerprint density at radius 2 is 1.98 bits per heavy atom. The van der Waals surface area contributed by atoms with E-state index < -0.39 is 12.0 Å². The number of rotatable bonds is 8. The van der Waals surface area contributed by atoms with Crippen LogP contribution in [0, 0.1) is 0 Å². The lowest BCUT2D eigenvalue weighted by atomic mass is 10.1. The van der Waals surface area contributed by atoms with Crippen molar-refractivity contribution in [3.8, 4) is 11.3 Å². The van der Waals surface area contributed by atoms with E-state index in [2.05, 4.69) is 20.6 Å². The summed E-state index contributed by atoms with van der Waals surface area (Å²) in [7, 11) is 0. The molecule has 0 radical (unpaired) electrons. The molecule has 5 aromatic heterocycles. The maximum atomic E-state index is 13.5. The van der Waals surface area contributed by atoms with E-state index in [4.69, 9.17) is 10.7 Å². The number of aliphatic hydroxyl groups excluding tert-OH is 1. The van der Waals surface area contributed by atoms with Crippen molar-refractivity contribution in [3.05, 3.63) is 100 Å². The Hall–Kier alpha value is -4.65. The highest BCUT2D eigenvalue weighted by Gasteiger charge is 2.24. The SMILES string of the molecule is Nc1nc2ccc(CNC(=O)c3cccn4c(C(=O)NCC(O)c5cccnc5)c(-c5ccsc5)nc34)cc2s1. The normalized spacial score (nSPS) is 12.0. The van der Waals surface area contributed by atoms with E-state index in [0.29, 0.717) is 34.1 Å². The fraction of sp³-hybridized carbons (Fsp3) is 0.107. The van der Waals surface area contributed by atoms with Crippen molar-refractivity contribution < 1.29 is 14.7 Å². The number of nitrogen functional groups attached to an aromatic ring is 1. The number of anilines is 1. The molecule has 0 aliphatic heterocycles. The first-order valence-corrected chi connectivity index (χ1v) is 14.1. The molecule has 1 atom stereocenters.